The van der Waals surface area contributed by atoms with Gasteiger partial charge in [-0.05, 0) is 44.8 Å². The number of nitrogens with one attached hydrogen (secondary N) is 2. The Morgan fingerprint density at radius 2 is 1.37 bits per heavy atom. The summed E-state index contributed by atoms with van der Waals surface area (Å²) in [5.74, 6) is -1.15. The lowest BCUT2D eigenvalue weighted by Gasteiger charge is -2.16. The van der Waals surface area contributed by atoms with E-state index in [0.717, 1.165) is 27.1 Å². The second-order valence-electron chi connectivity index (χ2n) is 6.89. The van der Waals surface area contributed by atoms with Crippen LogP contribution in [0.1, 0.15) is 17.2 Å². The third-order valence-corrected chi connectivity index (χ3v) is 5.01. The number of carbonyl (C=O) groups excluding carboxylic acids is 2. The monoisotopic (exact) mass is 396 g/mol. The first-order chi connectivity index (χ1) is 14.7. The van der Waals surface area contributed by atoms with Gasteiger partial charge in [0.2, 0.25) is 5.91 Å². The van der Waals surface area contributed by atoms with Crippen molar-refractivity contribution in [1.29, 1.82) is 0 Å². The molecular weight excluding hydrogens is 376 g/mol. The summed E-state index contributed by atoms with van der Waals surface area (Å²) in [5, 5.41) is 15.9. The Morgan fingerprint density at radius 3 is 1.97 bits per heavy atom. The van der Waals surface area contributed by atoms with Crippen molar-refractivity contribution in [3.63, 3.8) is 0 Å². The minimum Gasteiger partial charge on any atom is -0.337 e. The third-order valence-electron chi connectivity index (χ3n) is 5.01. The topological polar surface area (TPSA) is 78.4 Å². The lowest BCUT2D eigenvalue weighted by Crippen LogP contribution is -2.38. The quantitative estimate of drug-likeness (QED) is 0.203. The lowest BCUT2D eigenvalue weighted by molar-refractivity contribution is -0.133. The van der Waals surface area contributed by atoms with Gasteiger partial charge in [-0.3, -0.25) is 14.8 Å². The summed E-state index contributed by atoms with van der Waals surface area (Å²) < 4.78 is 0. The van der Waals surface area contributed by atoms with Crippen molar-refractivity contribution < 1.29 is 14.8 Å². The van der Waals surface area contributed by atoms with E-state index >= 15 is 0 Å². The molecule has 148 valence electrons. The number of hydrogen-bond acceptors (Lipinski definition) is 3. The van der Waals surface area contributed by atoms with Gasteiger partial charge in [0.25, 0.3) is 5.91 Å². The van der Waals surface area contributed by atoms with Crippen LogP contribution in [0, 0.1) is 0 Å². The molecule has 0 spiro atoms. The van der Waals surface area contributed by atoms with Gasteiger partial charge < -0.3 is 5.32 Å². The Hall–Kier alpha value is -3.96. The minimum atomic E-state index is -1.00. The van der Waals surface area contributed by atoms with E-state index in [-0.39, 0.29) is 0 Å². The maximum atomic E-state index is 12.6. The number of fused-ring (bicyclic) bond motifs is 2. The molecule has 5 heteroatoms. The first-order valence-electron chi connectivity index (χ1n) is 9.55. The molecule has 3 N–H and O–H groups in total. The molecule has 1 atom stereocenters. The van der Waals surface area contributed by atoms with Crippen LogP contribution in [0.2, 0.25) is 0 Å². The van der Waals surface area contributed by atoms with Gasteiger partial charge in [-0.2, -0.15) is 0 Å². The molecule has 0 aliphatic heterocycles. The fraction of sp³-hybridized carbons (Fsp3) is 0.0400. The Morgan fingerprint density at radius 1 is 0.800 bits per heavy atom. The van der Waals surface area contributed by atoms with E-state index in [1.807, 2.05) is 54.6 Å². The number of carbonyl (C=O) groups is 2. The van der Waals surface area contributed by atoms with Gasteiger partial charge in [0, 0.05) is 6.08 Å². The summed E-state index contributed by atoms with van der Waals surface area (Å²) in [5.41, 5.74) is 3.12. The van der Waals surface area contributed by atoms with E-state index < -0.39 is 17.9 Å². The van der Waals surface area contributed by atoms with E-state index in [4.69, 9.17) is 5.21 Å². The van der Waals surface area contributed by atoms with Gasteiger partial charge in [0.1, 0.15) is 6.04 Å². The highest BCUT2D eigenvalue weighted by atomic mass is 16.5. The van der Waals surface area contributed by atoms with Crippen LogP contribution in [0.4, 0.5) is 0 Å². The summed E-state index contributed by atoms with van der Waals surface area (Å²) in [6.45, 7) is 0. The molecule has 0 heterocycles. The predicted octanol–water partition coefficient (Wildman–Crippen LogP) is 4.37. The largest absolute Gasteiger partial charge is 0.337 e. The highest BCUT2D eigenvalue weighted by Crippen LogP contribution is 2.29. The first kappa shape index (κ1) is 19.4. The third kappa shape index (κ3) is 3.92. The standard InChI is InChI=1S/C25H20N2O3/c28-23(26-24(25(29)27-30)17-8-2-1-3-9-17)15-14-22-20-12-6-4-10-18(20)16-19-11-5-7-13-21(19)22/h1-16,24,30H,(H,26,28)(H,27,29)/b15-14+. The molecule has 4 aromatic rings. The molecule has 0 saturated heterocycles. The molecule has 4 aromatic carbocycles. The van der Waals surface area contributed by atoms with Gasteiger partial charge >= 0.3 is 0 Å². The molecule has 0 radical (unpaired) electrons. The van der Waals surface area contributed by atoms with Crippen molar-refractivity contribution in [2.24, 2.45) is 0 Å². The van der Waals surface area contributed by atoms with Crippen molar-refractivity contribution in [2.75, 3.05) is 0 Å². The summed E-state index contributed by atoms with van der Waals surface area (Å²) in [6, 6.07) is 25.9. The smallest absolute Gasteiger partial charge is 0.270 e. The van der Waals surface area contributed by atoms with Gasteiger partial charge in [-0.25, -0.2) is 5.48 Å². The van der Waals surface area contributed by atoms with Crippen LogP contribution in [0.5, 0.6) is 0 Å². The minimum absolute atomic E-state index is 0.440. The lowest BCUT2D eigenvalue weighted by atomic mass is 9.96. The molecule has 4 rings (SSSR count). The number of amides is 2. The van der Waals surface area contributed by atoms with Gasteiger partial charge in [0.05, 0.1) is 0 Å². The molecule has 0 fully saturated rings. The maximum absolute atomic E-state index is 12.6. The van der Waals surface area contributed by atoms with Gasteiger partial charge in [0.15, 0.2) is 0 Å². The van der Waals surface area contributed by atoms with Crippen LogP contribution in [-0.2, 0) is 9.59 Å². The van der Waals surface area contributed by atoms with Crippen LogP contribution in [0.25, 0.3) is 27.6 Å². The number of benzene rings is 4. The van der Waals surface area contributed by atoms with Crippen molar-refractivity contribution in [1.82, 2.24) is 10.8 Å². The van der Waals surface area contributed by atoms with Crippen LogP contribution < -0.4 is 10.8 Å². The summed E-state index contributed by atoms with van der Waals surface area (Å²) in [6.07, 6.45) is 3.17. The number of hydrogen-bond donors (Lipinski definition) is 3. The van der Waals surface area contributed by atoms with Crippen LogP contribution in [-0.4, -0.2) is 17.0 Å². The fourth-order valence-corrected chi connectivity index (χ4v) is 3.59. The Kier molecular flexibility index (Phi) is 5.54. The molecule has 0 aliphatic carbocycles. The summed E-state index contributed by atoms with van der Waals surface area (Å²) in [7, 11) is 0. The molecule has 0 aliphatic rings. The van der Waals surface area contributed by atoms with E-state index in [0.29, 0.717) is 5.56 Å². The van der Waals surface area contributed by atoms with Crippen molar-refractivity contribution in [2.45, 2.75) is 6.04 Å². The Bertz CT molecular complexity index is 1200. The van der Waals surface area contributed by atoms with E-state index in [9.17, 15) is 9.59 Å². The highest BCUT2D eigenvalue weighted by molar-refractivity contribution is 6.08. The van der Waals surface area contributed by atoms with Crippen molar-refractivity contribution >= 4 is 39.4 Å². The molecule has 30 heavy (non-hydrogen) atoms. The van der Waals surface area contributed by atoms with E-state index in [1.54, 1.807) is 35.8 Å². The van der Waals surface area contributed by atoms with Crippen LogP contribution in [0.3, 0.4) is 0 Å². The molecule has 0 aromatic heterocycles. The normalized spacial score (nSPS) is 12.2. The van der Waals surface area contributed by atoms with Crippen molar-refractivity contribution in [3.8, 4) is 0 Å². The summed E-state index contributed by atoms with van der Waals surface area (Å²) in [4.78, 5) is 24.7. The van der Waals surface area contributed by atoms with Crippen LogP contribution in [0.15, 0.2) is 91.0 Å². The molecule has 1 unspecified atom stereocenters. The fourth-order valence-electron chi connectivity index (χ4n) is 3.59. The molecule has 5 nitrogen and oxygen atoms in total. The zero-order valence-electron chi connectivity index (χ0n) is 16.1. The predicted molar refractivity (Wildman–Crippen MR) is 118 cm³/mol. The molecular formula is C25H20N2O3. The highest BCUT2D eigenvalue weighted by Gasteiger charge is 2.21. The summed E-state index contributed by atoms with van der Waals surface area (Å²) >= 11 is 0. The second kappa shape index (κ2) is 8.59. The van der Waals surface area contributed by atoms with E-state index in [2.05, 4.69) is 11.4 Å². The zero-order valence-corrected chi connectivity index (χ0v) is 16.1. The molecule has 0 saturated carbocycles. The average molecular weight is 396 g/mol. The molecule has 2 amide bonds. The Labute approximate surface area is 173 Å². The maximum Gasteiger partial charge on any atom is 0.270 e. The van der Waals surface area contributed by atoms with Crippen LogP contribution >= 0.6 is 0 Å². The first-order valence-corrected chi connectivity index (χ1v) is 9.55. The average Bonchev–Trinajstić information content (AvgIpc) is 2.80. The van der Waals surface area contributed by atoms with Gasteiger partial charge in [-0.15, -0.1) is 0 Å². The van der Waals surface area contributed by atoms with Crippen molar-refractivity contribution in [3.05, 3.63) is 102 Å². The number of hydroxylamine groups is 1. The zero-order chi connectivity index (χ0) is 20.9. The second-order valence-corrected chi connectivity index (χ2v) is 6.89. The number of rotatable bonds is 5. The Balaban J connectivity index is 1.68. The van der Waals surface area contributed by atoms with E-state index in [1.165, 1.54) is 6.08 Å². The SMILES string of the molecule is O=C(/C=C/c1c2ccccc2cc2ccccc12)NC(C(=O)NO)c1ccccc1. The molecule has 0 bridgehead atoms. The van der Waals surface area contributed by atoms with Gasteiger partial charge in [-0.1, -0.05) is 78.9 Å².